The molecule has 0 spiro atoms. The summed E-state index contributed by atoms with van der Waals surface area (Å²) in [5, 5.41) is 0.236. The zero-order valence-corrected chi connectivity index (χ0v) is 11.6. The molecular weight excluding hydrogens is 222 g/mol. The summed E-state index contributed by atoms with van der Waals surface area (Å²) in [6, 6.07) is 0. The minimum Gasteiger partial charge on any atom is -0.342 e. The fourth-order valence-corrected chi connectivity index (χ4v) is 2.40. The second kappa shape index (κ2) is 5.90. The van der Waals surface area contributed by atoms with Crippen LogP contribution in [0, 0.1) is 17.8 Å². The van der Waals surface area contributed by atoms with E-state index in [9.17, 15) is 4.79 Å². The van der Waals surface area contributed by atoms with Gasteiger partial charge in [-0.15, -0.1) is 11.6 Å². The predicted molar refractivity (Wildman–Crippen MR) is 68.6 cm³/mol. The summed E-state index contributed by atoms with van der Waals surface area (Å²) in [6.07, 6.45) is 2.11. The Hall–Kier alpha value is -0.240. The number of carbonyl (C=O) groups is 1. The van der Waals surface area contributed by atoms with Crippen LogP contribution in [0.5, 0.6) is 0 Å². The predicted octanol–water partition coefficient (Wildman–Crippen LogP) is 3.14. The molecule has 0 aliphatic carbocycles. The number of halogens is 1. The highest BCUT2D eigenvalue weighted by Crippen LogP contribution is 2.25. The summed E-state index contributed by atoms with van der Waals surface area (Å²) in [7, 11) is 0. The summed E-state index contributed by atoms with van der Waals surface area (Å²) in [5.74, 6) is 1.47. The lowest BCUT2D eigenvalue weighted by molar-refractivity contribution is -0.137. The van der Waals surface area contributed by atoms with E-state index < -0.39 is 0 Å². The Morgan fingerprint density at radius 2 is 1.69 bits per heavy atom. The van der Waals surface area contributed by atoms with Crippen LogP contribution in [0.15, 0.2) is 0 Å². The fraction of sp³-hybridized carbons (Fsp3) is 0.923. The van der Waals surface area contributed by atoms with Gasteiger partial charge in [0.25, 0.3) is 0 Å². The highest BCUT2D eigenvalue weighted by atomic mass is 35.5. The summed E-state index contributed by atoms with van der Waals surface area (Å²) >= 11 is 6.09. The van der Waals surface area contributed by atoms with E-state index >= 15 is 0 Å². The van der Waals surface area contributed by atoms with Crippen LogP contribution in [0.4, 0.5) is 0 Å². The van der Waals surface area contributed by atoms with Crippen LogP contribution in [0.3, 0.4) is 0 Å². The number of hydrogen-bond acceptors (Lipinski definition) is 1. The molecule has 0 saturated carbocycles. The van der Waals surface area contributed by atoms with Crippen LogP contribution in [0.25, 0.3) is 0 Å². The first-order valence-electron chi connectivity index (χ1n) is 6.36. The number of rotatable bonds is 3. The molecule has 1 rings (SSSR count). The van der Waals surface area contributed by atoms with Crippen molar-refractivity contribution in [3.8, 4) is 0 Å². The number of alkyl halides is 1. The van der Waals surface area contributed by atoms with Gasteiger partial charge >= 0.3 is 0 Å². The van der Waals surface area contributed by atoms with E-state index in [1.807, 2.05) is 11.8 Å². The quantitative estimate of drug-likeness (QED) is 0.700. The zero-order valence-electron chi connectivity index (χ0n) is 10.9. The largest absolute Gasteiger partial charge is 0.342 e. The van der Waals surface area contributed by atoms with E-state index in [2.05, 4.69) is 20.8 Å². The molecular formula is C13H24ClNO. The highest BCUT2D eigenvalue weighted by molar-refractivity contribution is 6.20. The van der Waals surface area contributed by atoms with Gasteiger partial charge in [-0.05, 0) is 31.6 Å². The minimum absolute atomic E-state index is 0.143. The molecule has 2 nitrogen and oxygen atoms in total. The molecule has 1 amide bonds. The Labute approximate surface area is 104 Å². The Bertz CT molecular complexity index is 232. The van der Waals surface area contributed by atoms with Crippen LogP contribution in [-0.2, 0) is 4.79 Å². The molecule has 3 heteroatoms. The molecule has 94 valence electrons. The van der Waals surface area contributed by atoms with Gasteiger partial charge in [-0.3, -0.25) is 4.79 Å². The molecule has 0 aromatic heterocycles. The lowest BCUT2D eigenvalue weighted by Gasteiger charge is -2.35. The van der Waals surface area contributed by atoms with Crippen LogP contribution in [0.1, 0.15) is 40.5 Å². The Morgan fingerprint density at radius 3 is 2.06 bits per heavy atom. The molecule has 0 N–H and O–H groups in total. The first-order chi connectivity index (χ1) is 7.43. The van der Waals surface area contributed by atoms with Crippen molar-refractivity contribution in [2.75, 3.05) is 13.1 Å². The molecule has 1 heterocycles. The average molecular weight is 246 g/mol. The third-order valence-electron chi connectivity index (χ3n) is 3.89. The number of carbonyl (C=O) groups excluding carboxylic acids is 1. The van der Waals surface area contributed by atoms with Crippen molar-refractivity contribution in [3.05, 3.63) is 0 Å². The van der Waals surface area contributed by atoms with Crippen molar-refractivity contribution in [1.82, 2.24) is 4.90 Å². The van der Waals surface area contributed by atoms with Gasteiger partial charge in [-0.1, -0.05) is 20.8 Å². The fourth-order valence-electron chi connectivity index (χ4n) is 2.15. The highest BCUT2D eigenvalue weighted by Gasteiger charge is 2.28. The van der Waals surface area contributed by atoms with E-state index in [0.717, 1.165) is 25.9 Å². The van der Waals surface area contributed by atoms with Gasteiger partial charge in [0.1, 0.15) is 0 Å². The molecule has 1 aliphatic rings. The number of piperidine rings is 1. The van der Waals surface area contributed by atoms with Gasteiger partial charge in [0.05, 0.1) is 0 Å². The van der Waals surface area contributed by atoms with Crippen LogP contribution in [0.2, 0.25) is 0 Å². The second-order valence-corrected chi connectivity index (χ2v) is 6.06. The topological polar surface area (TPSA) is 20.3 Å². The van der Waals surface area contributed by atoms with Gasteiger partial charge in [0, 0.05) is 24.4 Å². The van der Waals surface area contributed by atoms with Crippen molar-refractivity contribution < 1.29 is 4.79 Å². The van der Waals surface area contributed by atoms with E-state index in [0.29, 0.717) is 17.7 Å². The normalized spacial score (nSPS) is 22.2. The van der Waals surface area contributed by atoms with E-state index in [-0.39, 0.29) is 11.3 Å². The Kier molecular flexibility index (Phi) is 5.10. The average Bonchev–Trinajstić information content (AvgIpc) is 2.27. The molecule has 1 aliphatic heterocycles. The number of likely N-dealkylation sites (tertiary alicyclic amines) is 1. The van der Waals surface area contributed by atoms with Gasteiger partial charge < -0.3 is 4.90 Å². The second-order valence-electron chi connectivity index (χ2n) is 5.37. The van der Waals surface area contributed by atoms with Crippen molar-refractivity contribution in [3.63, 3.8) is 0 Å². The molecule has 2 unspecified atom stereocenters. The van der Waals surface area contributed by atoms with Gasteiger partial charge in [0.15, 0.2) is 0 Å². The molecule has 0 aromatic carbocycles. The lowest BCUT2D eigenvalue weighted by atomic mass is 9.91. The maximum absolute atomic E-state index is 12.1. The van der Waals surface area contributed by atoms with Crippen molar-refractivity contribution in [1.29, 1.82) is 0 Å². The van der Waals surface area contributed by atoms with Crippen LogP contribution in [-0.4, -0.2) is 29.3 Å². The van der Waals surface area contributed by atoms with Crippen LogP contribution < -0.4 is 0 Å². The summed E-state index contributed by atoms with van der Waals surface area (Å²) in [4.78, 5) is 14.1. The van der Waals surface area contributed by atoms with E-state index in [4.69, 9.17) is 11.6 Å². The molecule has 0 aromatic rings. The third kappa shape index (κ3) is 3.38. The molecule has 2 atom stereocenters. The number of nitrogens with zero attached hydrogens (tertiary/aromatic N) is 1. The monoisotopic (exact) mass is 245 g/mol. The van der Waals surface area contributed by atoms with Gasteiger partial charge in [-0.2, -0.15) is 0 Å². The summed E-state index contributed by atoms with van der Waals surface area (Å²) < 4.78 is 0. The van der Waals surface area contributed by atoms with E-state index in [1.54, 1.807) is 0 Å². The van der Waals surface area contributed by atoms with Gasteiger partial charge in [-0.25, -0.2) is 0 Å². The maximum Gasteiger partial charge on any atom is 0.225 e. The third-order valence-corrected chi connectivity index (χ3v) is 4.25. The molecule has 16 heavy (non-hydrogen) atoms. The SMILES string of the molecule is CC(C)C(C)C(=O)N1CCC(C(C)Cl)CC1. The van der Waals surface area contributed by atoms with Crippen molar-refractivity contribution >= 4 is 17.5 Å². The van der Waals surface area contributed by atoms with Crippen LogP contribution >= 0.6 is 11.6 Å². The van der Waals surface area contributed by atoms with Crippen molar-refractivity contribution in [2.45, 2.75) is 45.9 Å². The van der Waals surface area contributed by atoms with E-state index in [1.165, 1.54) is 0 Å². The minimum atomic E-state index is 0.143. The first-order valence-corrected chi connectivity index (χ1v) is 6.80. The Morgan fingerprint density at radius 1 is 1.19 bits per heavy atom. The Balaban J connectivity index is 2.45. The zero-order chi connectivity index (χ0) is 12.3. The molecule has 0 radical (unpaired) electrons. The summed E-state index contributed by atoms with van der Waals surface area (Å²) in [5.41, 5.74) is 0. The van der Waals surface area contributed by atoms with Gasteiger partial charge in [0.2, 0.25) is 5.91 Å². The summed E-state index contributed by atoms with van der Waals surface area (Å²) in [6.45, 7) is 10.1. The first kappa shape index (κ1) is 13.8. The maximum atomic E-state index is 12.1. The number of hydrogen-bond donors (Lipinski definition) is 0. The van der Waals surface area contributed by atoms with Crippen molar-refractivity contribution in [2.24, 2.45) is 17.8 Å². The standard InChI is InChI=1S/C13H24ClNO/c1-9(2)10(3)13(16)15-7-5-12(6-8-15)11(4)14/h9-12H,5-8H2,1-4H3. The lowest BCUT2D eigenvalue weighted by Crippen LogP contribution is -2.43. The number of amides is 1. The molecule has 0 bridgehead atoms. The molecule has 1 fully saturated rings. The molecule has 1 saturated heterocycles. The smallest absolute Gasteiger partial charge is 0.225 e.